The average molecular weight is 362 g/mol. The van der Waals surface area contributed by atoms with E-state index in [1.54, 1.807) is 30.3 Å². The zero-order valence-electron chi connectivity index (χ0n) is 14.2. The number of benzene rings is 2. The van der Waals surface area contributed by atoms with E-state index in [2.05, 4.69) is 0 Å². The molecule has 0 aliphatic heterocycles. The highest BCUT2D eigenvalue weighted by atomic mass is 32.2. The van der Waals surface area contributed by atoms with Crippen molar-refractivity contribution in [2.45, 2.75) is 24.2 Å². The minimum atomic E-state index is -3.62. The van der Waals surface area contributed by atoms with Gasteiger partial charge in [0.1, 0.15) is 0 Å². The van der Waals surface area contributed by atoms with Gasteiger partial charge in [0, 0.05) is 12.0 Å². The zero-order chi connectivity index (χ0) is 18.1. The van der Waals surface area contributed by atoms with Gasteiger partial charge in [0.2, 0.25) is 9.84 Å². The van der Waals surface area contributed by atoms with Gasteiger partial charge in [-0.15, -0.1) is 0 Å². The van der Waals surface area contributed by atoms with E-state index in [-0.39, 0.29) is 17.1 Å². The van der Waals surface area contributed by atoms with E-state index in [1.807, 2.05) is 42.5 Å². The highest BCUT2D eigenvalue weighted by Crippen LogP contribution is 2.42. The molecule has 0 N–H and O–H groups in total. The fourth-order valence-corrected chi connectivity index (χ4v) is 5.30. The molecule has 130 valence electrons. The molecule has 0 unspecified atom stereocenters. The van der Waals surface area contributed by atoms with Crippen molar-refractivity contribution in [1.82, 2.24) is 0 Å². The molecule has 0 saturated carbocycles. The third-order valence-corrected chi connectivity index (χ3v) is 6.80. The van der Waals surface area contributed by atoms with E-state index in [4.69, 9.17) is 0 Å². The van der Waals surface area contributed by atoms with Gasteiger partial charge < -0.3 is 0 Å². The molecule has 0 amide bonds. The number of hydrogen-bond acceptors (Lipinski definition) is 3. The molecule has 2 aliphatic carbocycles. The molecule has 2 aromatic rings. The lowest BCUT2D eigenvalue weighted by atomic mass is 10.0. The van der Waals surface area contributed by atoms with Crippen molar-refractivity contribution >= 4 is 21.2 Å². The van der Waals surface area contributed by atoms with Crippen LogP contribution in [-0.4, -0.2) is 14.2 Å². The molecular weight excluding hydrogens is 344 g/mol. The summed E-state index contributed by atoms with van der Waals surface area (Å²) in [5.41, 5.74) is 2.88. The molecular formula is C22H18O3S. The van der Waals surface area contributed by atoms with Crippen LogP contribution in [0, 0.1) is 0 Å². The van der Waals surface area contributed by atoms with Crippen molar-refractivity contribution in [3.8, 4) is 0 Å². The highest BCUT2D eigenvalue weighted by molar-refractivity contribution is 7.95. The Bertz CT molecular complexity index is 1060. The van der Waals surface area contributed by atoms with E-state index >= 15 is 0 Å². The molecule has 0 bridgehead atoms. The lowest BCUT2D eigenvalue weighted by molar-refractivity contribution is -0.112. The van der Waals surface area contributed by atoms with Crippen molar-refractivity contribution < 1.29 is 13.2 Å². The third kappa shape index (κ3) is 2.76. The molecule has 0 aromatic heterocycles. The Labute approximate surface area is 153 Å². The monoisotopic (exact) mass is 362 g/mol. The van der Waals surface area contributed by atoms with Crippen LogP contribution in [0.4, 0.5) is 0 Å². The summed E-state index contributed by atoms with van der Waals surface area (Å²) >= 11 is 0. The van der Waals surface area contributed by atoms with Crippen LogP contribution in [0.5, 0.6) is 0 Å². The van der Waals surface area contributed by atoms with Crippen LogP contribution in [0.2, 0.25) is 0 Å². The molecule has 0 fully saturated rings. The van der Waals surface area contributed by atoms with Gasteiger partial charge in [-0.1, -0.05) is 60.7 Å². The summed E-state index contributed by atoms with van der Waals surface area (Å²) in [7, 11) is -3.62. The van der Waals surface area contributed by atoms with Crippen molar-refractivity contribution in [2.24, 2.45) is 0 Å². The topological polar surface area (TPSA) is 51.2 Å². The van der Waals surface area contributed by atoms with Gasteiger partial charge in [-0.25, -0.2) is 8.42 Å². The molecule has 4 rings (SSSR count). The van der Waals surface area contributed by atoms with Gasteiger partial charge in [-0.3, -0.25) is 4.79 Å². The molecule has 0 radical (unpaired) electrons. The van der Waals surface area contributed by atoms with Crippen molar-refractivity contribution in [2.75, 3.05) is 0 Å². The normalized spacial score (nSPS) is 17.5. The first-order valence-electron chi connectivity index (χ1n) is 8.61. The van der Waals surface area contributed by atoms with E-state index in [9.17, 15) is 13.2 Å². The second kappa shape index (κ2) is 6.54. The van der Waals surface area contributed by atoms with Crippen molar-refractivity contribution in [3.63, 3.8) is 0 Å². The predicted octanol–water partition coefficient (Wildman–Crippen LogP) is 4.49. The van der Waals surface area contributed by atoms with E-state index in [0.29, 0.717) is 28.9 Å². The summed E-state index contributed by atoms with van der Waals surface area (Å²) in [5.74, 6) is -0.0199. The van der Waals surface area contributed by atoms with Crippen LogP contribution >= 0.6 is 0 Å². The average Bonchev–Trinajstić information content (AvgIpc) is 2.84. The standard InChI is InChI=1S/C22H18O3S/c23-20-15-19-18(22(20)16-9-3-1-4-10-16)13-7-8-14-21(19)26(24,25)17-11-5-2-6-12-17/h1-7,9-13H,8,14-15H2. The predicted molar refractivity (Wildman–Crippen MR) is 102 cm³/mol. The van der Waals surface area contributed by atoms with Crippen LogP contribution in [0.25, 0.3) is 5.57 Å². The summed E-state index contributed by atoms with van der Waals surface area (Å²) in [6.07, 6.45) is 5.08. The van der Waals surface area contributed by atoms with Crippen molar-refractivity contribution in [1.29, 1.82) is 0 Å². The van der Waals surface area contributed by atoms with Crippen molar-refractivity contribution in [3.05, 3.63) is 94.4 Å². The number of allylic oxidation sites excluding steroid dienone is 6. The summed E-state index contributed by atoms with van der Waals surface area (Å²) < 4.78 is 26.4. The molecule has 0 atom stereocenters. The largest absolute Gasteiger partial charge is 0.294 e. The SMILES string of the molecule is O=C1CC2=C(S(=O)(=O)c3ccccc3)CCC=CC2=C1c1ccccc1. The number of hydrogen-bond donors (Lipinski definition) is 0. The van der Waals surface area contributed by atoms with Gasteiger partial charge in [0.05, 0.1) is 9.80 Å². The molecule has 4 heteroatoms. The second-order valence-corrected chi connectivity index (χ2v) is 8.38. The Morgan fingerprint density at radius 1 is 0.846 bits per heavy atom. The van der Waals surface area contributed by atoms with E-state index < -0.39 is 9.84 Å². The van der Waals surface area contributed by atoms with Crippen LogP contribution in [0.1, 0.15) is 24.8 Å². The number of ketones is 1. The van der Waals surface area contributed by atoms with Gasteiger partial charge in [0.25, 0.3) is 0 Å². The Balaban J connectivity index is 1.94. The van der Waals surface area contributed by atoms with Gasteiger partial charge in [-0.2, -0.15) is 0 Å². The van der Waals surface area contributed by atoms with Crippen LogP contribution in [-0.2, 0) is 14.6 Å². The smallest absolute Gasteiger partial charge is 0.203 e. The lowest BCUT2D eigenvalue weighted by Gasteiger charge is -2.12. The number of Topliss-reactive ketones (excluding diaryl/α,β-unsaturated/α-hetero) is 1. The molecule has 26 heavy (non-hydrogen) atoms. The maximum absolute atomic E-state index is 13.2. The quantitative estimate of drug-likeness (QED) is 0.808. The first-order valence-corrected chi connectivity index (χ1v) is 10.1. The van der Waals surface area contributed by atoms with Gasteiger partial charge in [0.15, 0.2) is 5.78 Å². The second-order valence-electron chi connectivity index (χ2n) is 6.41. The number of carbonyl (C=O) groups excluding carboxylic acids is 1. The first kappa shape index (κ1) is 16.7. The fraction of sp³-hybridized carbons (Fsp3) is 0.136. The summed E-state index contributed by atoms with van der Waals surface area (Å²) in [5, 5.41) is 0. The molecule has 2 aromatic carbocycles. The van der Waals surface area contributed by atoms with E-state index in [1.165, 1.54) is 0 Å². The number of fused-ring (bicyclic) bond motifs is 1. The third-order valence-electron chi connectivity index (χ3n) is 4.81. The zero-order valence-corrected chi connectivity index (χ0v) is 15.0. The Morgan fingerprint density at radius 3 is 2.19 bits per heavy atom. The fourth-order valence-electron chi connectivity index (χ4n) is 3.60. The number of rotatable bonds is 3. The van der Waals surface area contributed by atoms with Crippen LogP contribution < -0.4 is 0 Å². The van der Waals surface area contributed by atoms with Crippen LogP contribution in [0.3, 0.4) is 0 Å². The maximum Gasteiger partial charge on any atom is 0.203 e. The highest BCUT2D eigenvalue weighted by Gasteiger charge is 2.34. The van der Waals surface area contributed by atoms with Crippen LogP contribution in [0.15, 0.2) is 93.8 Å². The first-order chi connectivity index (χ1) is 12.6. The Morgan fingerprint density at radius 2 is 1.50 bits per heavy atom. The van der Waals surface area contributed by atoms with Gasteiger partial charge in [-0.05, 0) is 41.7 Å². The minimum absolute atomic E-state index is 0.0199. The Kier molecular flexibility index (Phi) is 4.21. The number of carbonyl (C=O) groups is 1. The molecule has 0 heterocycles. The number of sulfone groups is 1. The summed E-state index contributed by atoms with van der Waals surface area (Å²) in [4.78, 5) is 13.4. The molecule has 2 aliphatic rings. The van der Waals surface area contributed by atoms with Gasteiger partial charge >= 0.3 is 0 Å². The summed E-state index contributed by atoms with van der Waals surface area (Å²) in [6.45, 7) is 0. The Hall–Kier alpha value is -2.72. The maximum atomic E-state index is 13.2. The minimum Gasteiger partial charge on any atom is -0.294 e. The molecule has 3 nitrogen and oxygen atoms in total. The molecule has 0 saturated heterocycles. The van der Waals surface area contributed by atoms with E-state index in [0.717, 1.165) is 11.1 Å². The lowest BCUT2D eigenvalue weighted by Crippen LogP contribution is -2.08. The molecule has 0 spiro atoms. The summed E-state index contributed by atoms with van der Waals surface area (Å²) in [6, 6.07) is 17.9.